The summed E-state index contributed by atoms with van der Waals surface area (Å²) >= 11 is 0. The fourth-order valence-electron chi connectivity index (χ4n) is 1.38. The van der Waals surface area contributed by atoms with Crippen LogP contribution in [-0.4, -0.2) is 25.2 Å². The van der Waals surface area contributed by atoms with E-state index in [1.807, 2.05) is 0 Å². The van der Waals surface area contributed by atoms with E-state index in [1.165, 1.54) is 12.8 Å². The molecular formula is C11H27N3. The maximum absolute atomic E-state index is 5.93. The first-order chi connectivity index (χ1) is 6.70. The van der Waals surface area contributed by atoms with Gasteiger partial charge in [-0.3, -0.25) is 0 Å². The van der Waals surface area contributed by atoms with Crippen molar-refractivity contribution in [3.05, 3.63) is 0 Å². The maximum Gasteiger partial charge on any atom is 0.00397 e. The molecule has 0 spiro atoms. The molecule has 0 aromatic heterocycles. The summed E-state index contributed by atoms with van der Waals surface area (Å²) in [7, 11) is 0. The van der Waals surface area contributed by atoms with E-state index in [1.54, 1.807) is 0 Å². The second-order valence-corrected chi connectivity index (χ2v) is 4.10. The minimum Gasteiger partial charge on any atom is -0.330 e. The highest BCUT2D eigenvalue weighted by atomic mass is 14.9. The first-order valence-electron chi connectivity index (χ1n) is 5.89. The highest BCUT2D eigenvalue weighted by Crippen LogP contribution is 2.01. The third-order valence-corrected chi connectivity index (χ3v) is 2.64. The minimum absolute atomic E-state index is 0.345. The van der Waals surface area contributed by atoms with Gasteiger partial charge in [0.15, 0.2) is 0 Å². The fraction of sp³-hybridized carbons (Fsp3) is 1.00. The summed E-state index contributed by atoms with van der Waals surface area (Å²) in [6.07, 6.45) is 5.61. The lowest BCUT2D eigenvalue weighted by Gasteiger charge is -2.13. The van der Waals surface area contributed by atoms with Gasteiger partial charge in [0, 0.05) is 12.1 Å². The van der Waals surface area contributed by atoms with Gasteiger partial charge in [-0.2, -0.15) is 0 Å². The smallest absolute Gasteiger partial charge is 0.00397 e. The van der Waals surface area contributed by atoms with Crippen LogP contribution in [0.25, 0.3) is 0 Å². The molecule has 0 aromatic rings. The van der Waals surface area contributed by atoms with E-state index >= 15 is 0 Å². The van der Waals surface area contributed by atoms with Crippen molar-refractivity contribution in [3.8, 4) is 0 Å². The molecular weight excluding hydrogens is 174 g/mol. The zero-order valence-electron chi connectivity index (χ0n) is 9.76. The number of hydrogen-bond acceptors (Lipinski definition) is 3. The Balaban J connectivity index is 3.18. The minimum atomic E-state index is 0.345. The molecule has 0 saturated heterocycles. The van der Waals surface area contributed by atoms with E-state index in [4.69, 9.17) is 11.5 Å². The summed E-state index contributed by atoms with van der Waals surface area (Å²) in [5, 5.41) is 3.46. The molecule has 0 fully saturated rings. The number of hydrogen-bond donors (Lipinski definition) is 3. The van der Waals surface area contributed by atoms with Crippen LogP contribution in [0.15, 0.2) is 0 Å². The molecule has 2 atom stereocenters. The average Bonchev–Trinajstić information content (AvgIpc) is 2.21. The van der Waals surface area contributed by atoms with E-state index < -0.39 is 0 Å². The van der Waals surface area contributed by atoms with Crippen LogP contribution in [0, 0.1) is 0 Å². The standard InChI is InChI=1S/C11H27N3/c1-3-10(2)14-9-5-7-11(13)6-4-8-12/h10-11,14H,3-9,12-13H2,1-2H3. The normalized spacial score (nSPS) is 15.4. The van der Waals surface area contributed by atoms with Crippen LogP contribution in [0.5, 0.6) is 0 Å². The molecule has 5 N–H and O–H groups in total. The molecule has 0 rings (SSSR count). The molecule has 2 unspecified atom stereocenters. The fourth-order valence-corrected chi connectivity index (χ4v) is 1.38. The van der Waals surface area contributed by atoms with Crippen molar-refractivity contribution < 1.29 is 0 Å². The molecule has 0 aliphatic carbocycles. The van der Waals surface area contributed by atoms with E-state index in [0.29, 0.717) is 12.1 Å². The zero-order valence-corrected chi connectivity index (χ0v) is 9.76. The Hall–Kier alpha value is -0.120. The molecule has 0 bridgehead atoms. The van der Waals surface area contributed by atoms with Crippen LogP contribution < -0.4 is 16.8 Å². The Bertz CT molecular complexity index is 117. The zero-order chi connectivity index (χ0) is 10.8. The monoisotopic (exact) mass is 201 g/mol. The van der Waals surface area contributed by atoms with Crippen LogP contribution >= 0.6 is 0 Å². The lowest BCUT2D eigenvalue weighted by atomic mass is 10.1. The second kappa shape index (κ2) is 9.44. The molecule has 86 valence electrons. The predicted molar refractivity (Wildman–Crippen MR) is 63.3 cm³/mol. The van der Waals surface area contributed by atoms with Gasteiger partial charge < -0.3 is 16.8 Å². The van der Waals surface area contributed by atoms with Gasteiger partial charge in [0.05, 0.1) is 0 Å². The molecule has 3 heteroatoms. The largest absolute Gasteiger partial charge is 0.330 e. The Labute approximate surface area is 88.6 Å². The van der Waals surface area contributed by atoms with Crippen LogP contribution in [0.1, 0.15) is 46.0 Å². The SMILES string of the molecule is CCC(C)NCCCC(N)CCCN. The van der Waals surface area contributed by atoms with Crippen molar-refractivity contribution in [1.82, 2.24) is 5.32 Å². The molecule has 14 heavy (non-hydrogen) atoms. The predicted octanol–water partition coefficient (Wildman–Crippen LogP) is 1.22. The van der Waals surface area contributed by atoms with Gasteiger partial charge in [-0.05, 0) is 52.1 Å². The van der Waals surface area contributed by atoms with E-state index in [9.17, 15) is 0 Å². The van der Waals surface area contributed by atoms with E-state index in [0.717, 1.165) is 32.4 Å². The molecule has 0 heterocycles. The van der Waals surface area contributed by atoms with Gasteiger partial charge in [-0.1, -0.05) is 6.92 Å². The molecule has 0 radical (unpaired) electrons. The summed E-state index contributed by atoms with van der Waals surface area (Å²) < 4.78 is 0. The van der Waals surface area contributed by atoms with E-state index in [-0.39, 0.29) is 0 Å². The molecule has 0 saturated carbocycles. The average molecular weight is 201 g/mol. The van der Waals surface area contributed by atoms with Gasteiger partial charge in [0.25, 0.3) is 0 Å². The summed E-state index contributed by atoms with van der Waals surface area (Å²) in [5.41, 5.74) is 11.3. The summed E-state index contributed by atoms with van der Waals surface area (Å²) in [4.78, 5) is 0. The summed E-state index contributed by atoms with van der Waals surface area (Å²) in [6, 6.07) is 0.979. The molecule has 0 aliphatic heterocycles. The Kier molecular flexibility index (Phi) is 9.35. The Morgan fingerprint density at radius 3 is 2.43 bits per heavy atom. The van der Waals surface area contributed by atoms with Crippen LogP contribution in [0.3, 0.4) is 0 Å². The highest BCUT2D eigenvalue weighted by Gasteiger charge is 2.02. The third-order valence-electron chi connectivity index (χ3n) is 2.64. The van der Waals surface area contributed by atoms with Crippen molar-refractivity contribution in [2.24, 2.45) is 11.5 Å². The molecule has 0 aliphatic rings. The van der Waals surface area contributed by atoms with Gasteiger partial charge in [-0.15, -0.1) is 0 Å². The molecule has 0 amide bonds. The lowest BCUT2D eigenvalue weighted by Crippen LogP contribution is -2.28. The van der Waals surface area contributed by atoms with Crippen LogP contribution in [-0.2, 0) is 0 Å². The number of nitrogens with one attached hydrogen (secondary N) is 1. The van der Waals surface area contributed by atoms with Crippen LogP contribution in [0.2, 0.25) is 0 Å². The van der Waals surface area contributed by atoms with Gasteiger partial charge in [0.1, 0.15) is 0 Å². The lowest BCUT2D eigenvalue weighted by molar-refractivity contribution is 0.479. The van der Waals surface area contributed by atoms with Crippen molar-refractivity contribution in [2.45, 2.75) is 58.0 Å². The van der Waals surface area contributed by atoms with Crippen molar-refractivity contribution in [2.75, 3.05) is 13.1 Å². The van der Waals surface area contributed by atoms with Crippen molar-refractivity contribution >= 4 is 0 Å². The highest BCUT2D eigenvalue weighted by molar-refractivity contribution is 4.64. The Morgan fingerprint density at radius 1 is 1.21 bits per heavy atom. The topological polar surface area (TPSA) is 64.1 Å². The van der Waals surface area contributed by atoms with Crippen molar-refractivity contribution in [3.63, 3.8) is 0 Å². The second-order valence-electron chi connectivity index (χ2n) is 4.10. The molecule has 3 nitrogen and oxygen atoms in total. The maximum atomic E-state index is 5.93. The van der Waals surface area contributed by atoms with E-state index in [2.05, 4.69) is 19.2 Å². The summed E-state index contributed by atoms with van der Waals surface area (Å²) in [6.45, 7) is 6.27. The van der Waals surface area contributed by atoms with Crippen LogP contribution in [0.4, 0.5) is 0 Å². The first-order valence-corrected chi connectivity index (χ1v) is 5.89. The quantitative estimate of drug-likeness (QED) is 0.491. The first kappa shape index (κ1) is 13.9. The number of rotatable bonds is 9. The number of nitrogens with two attached hydrogens (primary N) is 2. The van der Waals surface area contributed by atoms with Gasteiger partial charge >= 0.3 is 0 Å². The molecule has 0 aromatic carbocycles. The van der Waals surface area contributed by atoms with Gasteiger partial charge in [-0.25, -0.2) is 0 Å². The van der Waals surface area contributed by atoms with Gasteiger partial charge in [0.2, 0.25) is 0 Å². The van der Waals surface area contributed by atoms with Crippen molar-refractivity contribution in [1.29, 1.82) is 0 Å². The Morgan fingerprint density at radius 2 is 1.86 bits per heavy atom. The third kappa shape index (κ3) is 8.48. The summed E-state index contributed by atoms with van der Waals surface area (Å²) in [5.74, 6) is 0.